The topological polar surface area (TPSA) is 15.3 Å². The van der Waals surface area contributed by atoms with Crippen LogP contribution >= 0.6 is 22.7 Å². The van der Waals surface area contributed by atoms with E-state index >= 15 is 0 Å². The number of thiophene rings is 2. The van der Waals surface area contributed by atoms with Crippen molar-refractivity contribution >= 4 is 22.7 Å². The van der Waals surface area contributed by atoms with E-state index in [-0.39, 0.29) is 0 Å². The second-order valence-electron chi connectivity index (χ2n) is 4.79. The molecule has 1 atom stereocenters. The van der Waals surface area contributed by atoms with Gasteiger partial charge in [0, 0.05) is 22.3 Å². The highest BCUT2D eigenvalue weighted by Crippen LogP contribution is 2.29. The summed E-state index contributed by atoms with van der Waals surface area (Å²) in [5.41, 5.74) is 0. The normalized spacial score (nSPS) is 13.4. The molecule has 4 heteroatoms. The summed E-state index contributed by atoms with van der Waals surface area (Å²) in [6, 6.07) is 9.47. The van der Waals surface area contributed by atoms with Gasteiger partial charge in [-0.1, -0.05) is 12.1 Å². The molecule has 2 heterocycles. The third-order valence-electron chi connectivity index (χ3n) is 2.75. The van der Waals surface area contributed by atoms with Gasteiger partial charge in [-0.15, -0.1) is 22.7 Å². The summed E-state index contributed by atoms with van der Waals surface area (Å²) in [5, 5.41) is 8.03. The summed E-state index contributed by atoms with van der Waals surface area (Å²) in [5.74, 6) is 0. The highest BCUT2D eigenvalue weighted by atomic mass is 32.1. The van der Waals surface area contributed by atoms with E-state index in [2.05, 4.69) is 66.3 Å². The quantitative estimate of drug-likeness (QED) is 0.872. The van der Waals surface area contributed by atoms with Crippen LogP contribution < -0.4 is 5.32 Å². The minimum absolute atomic E-state index is 0.333. The standard InChI is InChI=1S/C14H20N2S2/c1-11(10-16(2)3)15-14(12-6-4-8-17-12)13-7-5-9-18-13/h4-9,11,14-15H,10H2,1-3H3. The monoisotopic (exact) mass is 280 g/mol. The lowest BCUT2D eigenvalue weighted by atomic mass is 10.1. The molecule has 0 aromatic carbocycles. The molecule has 2 rings (SSSR count). The Morgan fingerprint density at radius 2 is 1.67 bits per heavy atom. The molecule has 0 saturated heterocycles. The van der Waals surface area contributed by atoms with Crippen molar-refractivity contribution in [1.29, 1.82) is 0 Å². The summed E-state index contributed by atoms with van der Waals surface area (Å²) < 4.78 is 0. The van der Waals surface area contributed by atoms with Gasteiger partial charge in [0.2, 0.25) is 0 Å². The van der Waals surface area contributed by atoms with Gasteiger partial charge in [0.05, 0.1) is 6.04 Å². The Labute approximate surface area is 117 Å². The number of hydrogen-bond acceptors (Lipinski definition) is 4. The molecule has 2 aromatic heterocycles. The lowest BCUT2D eigenvalue weighted by Crippen LogP contribution is -2.38. The molecule has 18 heavy (non-hydrogen) atoms. The first-order chi connectivity index (χ1) is 8.66. The van der Waals surface area contributed by atoms with Crippen LogP contribution in [0.1, 0.15) is 22.7 Å². The van der Waals surface area contributed by atoms with E-state index in [1.807, 2.05) is 22.7 Å². The molecule has 0 saturated carbocycles. The first-order valence-corrected chi connectivity index (χ1v) is 7.90. The van der Waals surface area contributed by atoms with Gasteiger partial charge >= 0.3 is 0 Å². The molecule has 0 spiro atoms. The van der Waals surface area contributed by atoms with Gasteiger partial charge in [-0.25, -0.2) is 0 Å². The van der Waals surface area contributed by atoms with Crippen molar-refractivity contribution in [3.8, 4) is 0 Å². The Balaban J connectivity index is 2.11. The van der Waals surface area contributed by atoms with E-state index < -0.39 is 0 Å². The Bertz CT molecular complexity index is 400. The molecule has 0 aliphatic rings. The van der Waals surface area contributed by atoms with Crippen LogP contribution in [0.5, 0.6) is 0 Å². The van der Waals surface area contributed by atoms with E-state index in [4.69, 9.17) is 0 Å². The lowest BCUT2D eigenvalue weighted by Gasteiger charge is -2.24. The summed E-state index contributed by atoms with van der Waals surface area (Å²) in [6.07, 6.45) is 0. The molecule has 98 valence electrons. The highest BCUT2D eigenvalue weighted by molar-refractivity contribution is 7.11. The molecule has 0 aliphatic heterocycles. The van der Waals surface area contributed by atoms with Crippen molar-refractivity contribution in [3.63, 3.8) is 0 Å². The molecule has 0 fully saturated rings. The van der Waals surface area contributed by atoms with Crippen LogP contribution in [-0.2, 0) is 0 Å². The Hall–Kier alpha value is -0.680. The second kappa shape index (κ2) is 6.48. The van der Waals surface area contributed by atoms with Crippen LogP contribution in [0, 0.1) is 0 Å². The van der Waals surface area contributed by atoms with Crippen molar-refractivity contribution in [1.82, 2.24) is 10.2 Å². The first-order valence-electron chi connectivity index (χ1n) is 6.14. The van der Waals surface area contributed by atoms with Gasteiger partial charge in [-0.05, 0) is 43.9 Å². The van der Waals surface area contributed by atoms with Crippen LogP contribution in [0.25, 0.3) is 0 Å². The molecule has 2 nitrogen and oxygen atoms in total. The van der Waals surface area contributed by atoms with E-state index in [1.165, 1.54) is 9.75 Å². The van der Waals surface area contributed by atoms with Gasteiger partial charge in [0.25, 0.3) is 0 Å². The van der Waals surface area contributed by atoms with Gasteiger partial charge in [-0.3, -0.25) is 0 Å². The molecule has 0 radical (unpaired) electrons. The maximum atomic E-state index is 3.73. The third kappa shape index (κ3) is 3.65. The van der Waals surface area contributed by atoms with Crippen molar-refractivity contribution < 1.29 is 0 Å². The zero-order chi connectivity index (χ0) is 13.0. The van der Waals surface area contributed by atoms with Gasteiger partial charge < -0.3 is 10.2 Å². The predicted molar refractivity (Wildman–Crippen MR) is 81.6 cm³/mol. The molecule has 0 amide bonds. The smallest absolute Gasteiger partial charge is 0.0767 e. The average Bonchev–Trinajstić information content (AvgIpc) is 2.98. The number of nitrogens with one attached hydrogen (secondary N) is 1. The summed E-state index contributed by atoms with van der Waals surface area (Å²) in [6.45, 7) is 3.29. The average molecular weight is 280 g/mol. The SMILES string of the molecule is CC(CN(C)C)NC(c1cccs1)c1cccs1. The second-order valence-corrected chi connectivity index (χ2v) is 6.75. The Kier molecular flexibility index (Phi) is 4.95. The predicted octanol–water partition coefficient (Wildman–Crippen LogP) is 3.44. The summed E-state index contributed by atoms with van der Waals surface area (Å²) in [7, 11) is 4.23. The van der Waals surface area contributed by atoms with E-state index in [1.54, 1.807) is 0 Å². The van der Waals surface area contributed by atoms with Crippen molar-refractivity contribution in [2.45, 2.75) is 19.0 Å². The first kappa shape index (κ1) is 13.7. The van der Waals surface area contributed by atoms with Crippen molar-refractivity contribution in [2.24, 2.45) is 0 Å². The van der Waals surface area contributed by atoms with E-state index in [0.29, 0.717) is 12.1 Å². The highest BCUT2D eigenvalue weighted by Gasteiger charge is 2.18. The van der Waals surface area contributed by atoms with Crippen LogP contribution in [0.15, 0.2) is 35.0 Å². The summed E-state index contributed by atoms with van der Waals surface area (Å²) in [4.78, 5) is 5.00. The molecular formula is C14H20N2S2. The minimum Gasteiger partial charge on any atom is -0.308 e. The van der Waals surface area contributed by atoms with E-state index in [0.717, 1.165) is 6.54 Å². The molecule has 1 N–H and O–H groups in total. The van der Waals surface area contributed by atoms with Crippen LogP contribution in [0.3, 0.4) is 0 Å². The van der Waals surface area contributed by atoms with Gasteiger partial charge in [-0.2, -0.15) is 0 Å². The Morgan fingerprint density at radius 1 is 1.11 bits per heavy atom. The Morgan fingerprint density at radius 3 is 2.06 bits per heavy atom. The number of hydrogen-bond donors (Lipinski definition) is 1. The molecule has 1 unspecified atom stereocenters. The van der Waals surface area contributed by atoms with Crippen LogP contribution in [0.2, 0.25) is 0 Å². The molecule has 2 aromatic rings. The zero-order valence-corrected chi connectivity index (χ0v) is 12.7. The fourth-order valence-corrected chi connectivity index (χ4v) is 3.78. The van der Waals surface area contributed by atoms with Gasteiger partial charge in [0.1, 0.15) is 0 Å². The van der Waals surface area contributed by atoms with Crippen molar-refractivity contribution in [2.75, 3.05) is 20.6 Å². The zero-order valence-electron chi connectivity index (χ0n) is 11.1. The fraction of sp³-hybridized carbons (Fsp3) is 0.429. The van der Waals surface area contributed by atoms with Crippen molar-refractivity contribution in [3.05, 3.63) is 44.8 Å². The molecular weight excluding hydrogens is 260 g/mol. The van der Waals surface area contributed by atoms with E-state index in [9.17, 15) is 0 Å². The van der Waals surface area contributed by atoms with Crippen LogP contribution in [-0.4, -0.2) is 31.6 Å². The number of rotatable bonds is 6. The number of nitrogens with zero attached hydrogens (tertiary/aromatic N) is 1. The molecule has 0 bridgehead atoms. The third-order valence-corrected chi connectivity index (χ3v) is 4.62. The van der Waals surface area contributed by atoms with Gasteiger partial charge in [0.15, 0.2) is 0 Å². The summed E-state index contributed by atoms with van der Waals surface area (Å²) >= 11 is 3.64. The lowest BCUT2D eigenvalue weighted by molar-refractivity contribution is 0.341. The minimum atomic E-state index is 0.333. The maximum Gasteiger partial charge on any atom is 0.0767 e. The fourth-order valence-electron chi connectivity index (χ4n) is 2.10. The van der Waals surface area contributed by atoms with Crippen LogP contribution in [0.4, 0.5) is 0 Å². The number of likely N-dealkylation sites (N-methyl/N-ethyl adjacent to an activating group) is 1. The molecule has 0 aliphatic carbocycles. The largest absolute Gasteiger partial charge is 0.308 e. The maximum absolute atomic E-state index is 3.73.